The Hall–Kier alpha value is 0.204. The molecule has 0 atom stereocenters. The Labute approximate surface area is 67.6 Å². The van der Waals surface area contributed by atoms with Crippen molar-refractivity contribution in [3.05, 3.63) is 0 Å². The molecule has 0 unspecified atom stereocenters. The van der Waals surface area contributed by atoms with E-state index in [1.165, 1.54) is 0 Å². The van der Waals surface area contributed by atoms with Gasteiger partial charge in [0, 0.05) is 16.5 Å². The van der Waals surface area contributed by atoms with Crippen LogP contribution in [0.5, 0.6) is 0 Å². The van der Waals surface area contributed by atoms with Crippen LogP contribution >= 0.6 is 0 Å². The van der Waals surface area contributed by atoms with E-state index in [0.29, 0.717) is 0 Å². The van der Waals surface area contributed by atoms with Crippen LogP contribution in [-0.4, -0.2) is 34.0 Å². The van der Waals surface area contributed by atoms with Crippen LogP contribution in [0.4, 0.5) is 0 Å². The first-order chi connectivity index (χ1) is 2.00. The van der Waals surface area contributed by atoms with Crippen molar-refractivity contribution in [2.75, 3.05) is 0 Å². The molecule has 74 valence electrons. The maximum atomic E-state index is 8.74. The van der Waals surface area contributed by atoms with Gasteiger partial charge in [0.25, 0.3) is 0 Å². The zero-order valence-electron chi connectivity index (χ0n) is 4.64. The van der Waals surface area contributed by atoms with Crippen molar-refractivity contribution in [1.29, 1.82) is 0 Å². The van der Waals surface area contributed by atoms with Gasteiger partial charge in [-0.15, -0.1) is 0 Å². The molecule has 0 spiro atoms. The van der Waals surface area contributed by atoms with Gasteiger partial charge in [0.15, 0.2) is 0 Å². The first kappa shape index (κ1) is 48.9. The SMILES string of the molecule is N.O.O.O.O=S(=O)(O)O.[Ni]. The van der Waals surface area contributed by atoms with Crippen molar-refractivity contribution in [3.8, 4) is 0 Å². The third-order valence-electron chi connectivity index (χ3n) is 0. The molecule has 0 amide bonds. The molecular formula is H11NNiO7S. The van der Waals surface area contributed by atoms with E-state index in [9.17, 15) is 0 Å². The molecule has 0 heterocycles. The third kappa shape index (κ3) is 10300. The minimum absolute atomic E-state index is 0. The topological polar surface area (TPSA) is 204 Å². The molecule has 8 nitrogen and oxygen atoms in total. The van der Waals surface area contributed by atoms with Crippen molar-refractivity contribution >= 4 is 10.4 Å². The summed E-state index contributed by atoms with van der Waals surface area (Å²) in [6.45, 7) is 0. The molecule has 0 rings (SSSR count). The van der Waals surface area contributed by atoms with E-state index in [1.54, 1.807) is 0 Å². The van der Waals surface area contributed by atoms with Gasteiger partial charge in [-0.2, -0.15) is 8.42 Å². The van der Waals surface area contributed by atoms with Gasteiger partial charge in [-0.1, -0.05) is 0 Å². The fraction of sp³-hybridized carbons (Fsp3) is 0. The Bertz CT molecular complexity index is 96.8. The van der Waals surface area contributed by atoms with E-state index >= 15 is 0 Å². The van der Waals surface area contributed by atoms with Crippen LogP contribution in [0.2, 0.25) is 0 Å². The Morgan fingerprint density at radius 1 is 0.900 bits per heavy atom. The second kappa shape index (κ2) is 16.1. The van der Waals surface area contributed by atoms with E-state index in [-0.39, 0.29) is 39.1 Å². The fourth-order valence-electron chi connectivity index (χ4n) is 0. The minimum atomic E-state index is -4.67. The molecule has 0 saturated heterocycles. The predicted octanol–water partition coefficient (Wildman–Crippen LogP) is -2.97. The Kier molecular flexibility index (Phi) is 78.7. The van der Waals surface area contributed by atoms with Crippen LogP contribution in [0.25, 0.3) is 0 Å². The summed E-state index contributed by atoms with van der Waals surface area (Å²) >= 11 is 0. The van der Waals surface area contributed by atoms with Crippen molar-refractivity contribution in [2.24, 2.45) is 0 Å². The molecule has 0 aliphatic rings. The molecule has 0 fully saturated rings. The Balaban J connectivity index is -0.00000000800. The van der Waals surface area contributed by atoms with Crippen molar-refractivity contribution in [1.82, 2.24) is 6.15 Å². The van der Waals surface area contributed by atoms with Gasteiger partial charge in [0.1, 0.15) is 0 Å². The maximum Gasteiger partial charge on any atom is 0.394 e. The van der Waals surface area contributed by atoms with Crippen molar-refractivity contribution in [3.63, 3.8) is 0 Å². The summed E-state index contributed by atoms with van der Waals surface area (Å²) in [5.41, 5.74) is 0. The number of rotatable bonds is 0. The van der Waals surface area contributed by atoms with E-state index in [2.05, 4.69) is 0 Å². The smallest absolute Gasteiger partial charge is 0.394 e. The first-order valence-corrected chi connectivity index (χ1v) is 2.10. The van der Waals surface area contributed by atoms with Crippen LogP contribution in [-0.2, 0) is 26.9 Å². The maximum absolute atomic E-state index is 8.74. The largest absolute Gasteiger partial charge is 0.412 e. The number of hydrogen-bond acceptors (Lipinski definition) is 3. The van der Waals surface area contributed by atoms with Gasteiger partial charge < -0.3 is 22.6 Å². The fourth-order valence-corrected chi connectivity index (χ4v) is 0. The molecule has 10 heavy (non-hydrogen) atoms. The van der Waals surface area contributed by atoms with Crippen LogP contribution < -0.4 is 6.15 Å². The second-order valence-electron chi connectivity index (χ2n) is 0.448. The van der Waals surface area contributed by atoms with E-state index in [4.69, 9.17) is 17.5 Å². The number of hydrogen-bond donors (Lipinski definition) is 3. The molecule has 0 aromatic carbocycles. The second-order valence-corrected chi connectivity index (χ2v) is 1.34. The molecule has 10 heteroatoms. The molecule has 11 N–H and O–H groups in total. The summed E-state index contributed by atoms with van der Waals surface area (Å²) < 4.78 is 31.6. The average Bonchev–Trinajstić information content (AvgIpc) is 0.722. The van der Waals surface area contributed by atoms with Gasteiger partial charge in [0.2, 0.25) is 0 Å². The van der Waals surface area contributed by atoms with Crippen molar-refractivity contribution in [2.45, 2.75) is 0 Å². The van der Waals surface area contributed by atoms with Gasteiger partial charge in [-0.3, -0.25) is 9.11 Å². The zero-order valence-corrected chi connectivity index (χ0v) is 6.45. The average molecular weight is 228 g/mol. The third-order valence-corrected chi connectivity index (χ3v) is 0. The van der Waals surface area contributed by atoms with Crippen LogP contribution in [0.15, 0.2) is 0 Å². The molecule has 0 aliphatic carbocycles. The molecule has 0 aliphatic heterocycles. The van der Waals surface area contributed by atoms with Gasteiger partial charge in [0.05, 0.1) is 0 Å². The van der Waals surface area contributed by atoms with E-state index in [1.807, 2.05) is 0 Å². The molecule has 0 saturated carbocycles. The summed E-state index contributed by atoms with van der Waals surface area (Å²) in [7, 11) is -4.67. The summed E-state index contributed by atoms with van der Waals surface area (Å²) in [5, 5.41) is 0. The summed E-state index contributed by atoms with van der Waals surface area (Å²) in [4.78, 5) is 0. The molecular weight excluding hydrogens is 217 g/mol. The standard InChI is InChI=1S/H3N.Ni.H2O4S.3H2O/c;;1-5(2,3)4;;;/h1H3;;(H2,1,2,3,4);3*1H2. The monoisotopic (exact) mass is 227 g/mol. The van der Waals surface area contributed by atoms with Gasteiger partial charge in [-0.05, 0) is 0 Å². The Morgan fingerprint density at radius 3 is 0.900 bits per heavy atom. The zero-order chi connectivity index (χ0) is 4.50. The summed E-state index contributed by atoms with van der Waals surface area (Å²) in [6, 6.07) is 0. The minimum Gasteiger partial charge on any atom is -0.412 e. The summed E-state index contributed by atoms with van der Waals surface area (Å²) in [6.07, 6.45) is 0. The molecule has 0 bridgehead atoms. The normalized spacial score (nSPS) is 5.80. The van der Waals surface area contributed by atoms with Crippen LogP contribution in [0.1, 0.15) is 0 Å². The van der Waals surface area contributed by atoms with E-state index in [0.717, 1.165) is 0 Å². The quantitative estimate of drug-likeness (QED) is 0.292. The van der Waals surface area contributed by atoms with Crippen molar-refractivity contribution < 1.29 is 50.4 Å². The molecule has 0 aromatic heterocycles. The first-order valence-electron chi connectivity index (χ1n) is 0.698. The van der Waals surface area contributed by atoms with Crippen LogP contribution in [0.3, 0.4) is 0 Å². The van der Waals surface area contributed by atoms with Gasteiger partial charge in [-0.25, -0.2) is 0 Å². The van der Waals surface area contributed by atoms with E-state index < -0.39 is 10.4 Å². The molecule has 0 aromatic rings. The summed E-state index contributed by atoms with van der Waals surface area (Å²) in [5.74, 6) is 0. The Morgan fingerprint density at radius 2 is 0.900 bits per heavy atom. The van der Waals surface area contributed by atoms with Gasteiger partial charge >= 0.3 is 10.4 Å². The molecule has 0 radical (unpaired) electrons. The predicted molar refractivity (Wildman–Crippen MR) is 30.0 cm³/mol. The van der Waals surface area contributed by atoms with Crippen LogP contribution in [0, 0.1) is 0 Å².